The molecule has 0 saturated heterocycles. The van der Waals surface area contributed by atoms with Crippen LogP contribution < -0.4 is 15.4 Å². The summed E-state index contributed by atoms with van der Waals surface area (Å²) in [6.45, 7) is 2.35. The number of benzene rings is 1. The van der Waals surface area contributed by atoms with E-state index >= 15 is 0 Å². The number of nitrogens with one attached hydrogen (secondary N) is 2. The topological polar surface area (TPSA) is 50.4 Å². The van der Waals surface area contributed by atoms with Gasteiger partial charge in [-0.15, -0.1) is 0 Å². The fourth-order valence-electron chi connectivity index (χ4n) is 3.36. The van der Waals surface area contributed by atoms with Crippen molar-refractivity contribution in [2.24, 2.45) is 5.92 Å². The zero-order valence-corrected chi connectivity index (χ0v) is 13.2. The Kier molecular flexibility index (Phi) is 5.33. The van der Waals surface area contributed by atoms with Gasteiger partial charge in [0.1, 0.15) is 12.4 Å². The molecule has 4 nitrogen and oxygen atoms in total. The summed E-state index contributed by atoms with van der Waals surface area (Å²) in [5.41, 5.74) is 2.01. The molecule has 1 aliphatic heterocycles. The smallest absolute Gasteiger partial charge is 0.227 e. The number of ether oxygens (including phenoxy) is 1. The highest BCUT2D eigenvalue weighted by molar-refractivity contribution is 5.92. The van der Waals surface area contributed by atoms with Gasteiger partial charge in [0.15, 0.2) is 0 Å². The third kappa shape index (κ3) is 4.01. The van der Waals surface area contributed by atoms with E-state index in [2.05, 4.69) is 10.6 Å². The molecule has 1 heterocycles. The molecule has 1 aromatic rings. The van der Waals surface area contributed by atoms with Gasteiger partial charge in [0, 0.05) is 30.3 Å². The molecule has 1 saturated carbocycles. The van der Waals surface area contributed by atoms with Crippen molar-refractivity contribution in [3.63, 3.8) is 0 Å². The van der Waals surface area contributed by atoms with Crippen LogP contribution in [0.5, 0.6) is 5.75 Å². The van der Waals surface area contributed by atoms with Crippen molar-refractivity contribution < 1.29 is 9.53 Å². The fraction of sp³-hybridized carbons (Fsp3) is 0.611. The first-order valence-electron chi connectivity index (χ1n) is 8.60. The van der Waals surface area contributed by atoms with Crippen molar-refractivity contribution in [1.82, 2.24) is 5.32 Å². The summed E-state index contributed by atoms with van der Waals surface area (Å²) < 4.78 is 5.68. The van der Waals surface area contributed by atoms with E-state index in [1.54, 1.807) is 0 Å². The number of rotatable bonds is 2. The van der Waals surface area contributed by atoms with Crippen LogP contribution in [-0.2, 0) is 11.3 Å². The Hall–Kier alpha value is -1.55. The monoisotopic (exact) mass is 302 g/mol. The Bertz CT molecular complexity index is 508. The maximum absolute atomic E-state index is 12.5. The molecule has 0 bridgehead atoms. The minimum atomic E-state index is 0.175. The predicted octanol–water partition coefficient (Wildman–Crippen LogP) is 3.47. The largest absolute Gasteiger partial charge is 0.492 e. The van der Waals surface area contributed by atoms with Crippen LogP contribution in [0.2, 0.25) is 0 Å². The number of carbonyl (C=O) groups excluding carboxylic acids is 1. The third-order valence-corrected chi connectivity index (χ3v) is 4.66. The molecular formula is C18H26N2O2. The van der Waals surface area contributed by atoms with Crippen LogP contribution in [0.15, 0.2) is 18.2 Å². The first kappa shape index (κ1) is 15.3. The number of hydrogen-bond acceptors (Lipinski definition) is 3. The zero-order valence-electron chi connectivity index (χ0n) is 13.2. The van der Waals surface area contributed by atoms with Crippen molar-refractivity contribution in [1.29, 1.82) is 0 Å². The van der Waals surface area contributed by atoms with Gasteiger partial charge in [0.2, 0.25) is 5.91 Å². The average molecular weight is 302 g/mol. The second kappa shape index (κ2) is 7.63. The molecule has 3 rings (SSSR count). The third-order valence-electron chi connectivity index (χ3n) is 4.66. The van der Waals surface area contributed by atoms with Crippen LogP contribution >= 0.6 is 0 Å². The Balaban J connectivity index is 1.64. The Morgan fingerprint density at radius 2 is 1.91 bits per heavy atom. The summed E-state index contributed by atoms with van der Waals surface area (Å²) in [5, 5.41) is 6.43. The zero-order chi connectivity index (χ0) is 15.2. The van der Waals surface area contributed by atoms with E-state index in [0.717, 1.165) is 42.9 Å². The van der Waals surface area contributed by atoms with Crippen molar-refractivity contribution in [3.05, 3.63) is 23.8 Å². The van der Waals surface area contributed by atoms with Gasteiger partial charge in [-0.2, -0.15) is 0 Å². The molecule has 1 aromatic carbocycles. The highest BCUT2D eigenvalue weighted by Crippen LogP contribution is 2.26. The molecule has 0 aromatic heterocycles. The molecule has 0 radical (unpaired) electrons. The van der Waals surface area contributed by atoms with Crippen molar-refractivity contribution in [3.8, 4) is 5.75 Å². The van der Waals surface area contributed by atoms with Gasteiger partial charge < -0.3 is 15.4 Å². The van der Waals surface area contributed by atoms with E-state index in [0.29, 0.717) is 6.61 Å². The van der Waals surface area contributed by atoms with Crippen LogP contribution in [0.4, 0.5) is 5.69 Å². The summed E-state index contributed by atoms with van der Waals surface area (Å²) in [6, 6.07) is 5.95. The molecular weight excluding hydrogens is 276 g/mol. The van der Waals surface area contributed by atoms with E-state index in [9.17, 15) is 4.79 Å². The van der Waals surface area contributed by atoms with Gasteiger partial charge in [-0.3, -0.25) is 4.79 Å². The van der Waals surface area contributed by atoms with E-state index < -0.39 is 0 Å². The second-order valence-electron chi connectivity index (χ2n) is 6.38. The molecule has 0 atom stereocenters. The Labute approximate surface area is 132 Å². The fourth-order valence-corrected chi connectivity index (χ4v) is 3.36. The number of amides is 1. The lowest BCUT2D eigenvalue weighted by Crippen LogP contribution is -2.23. The normalized spacial score (nSPS) is 20.0. The number of anilines is 1. The molecule has 120 valence electrons. The maximum atomic E-state index is 12.5. The average Bonchev–Trinajstić information content (AvgIpc) is 2.71. The molecule has 2 aliphatic rings. The molecule has 0 spiro atoms. The molecule has 2 N–H and O–H groups in total. The molecule has 1 amide bonds. The standard InChI is InChI=1S/C18H26N2O2/c21-18(14-6-4-2-1-3-5-7-14)20-16-8-9-17-15(12-16)13-19-10-11-22-17/h8-9,12,14,19H,1-7,10-11,13H2,(H,20,21). The molecule has 1 aliphatic carbocycles. The van der Waals surface area contributed by atoms with Gasteiger partial charge in [0.05, 0.1) is 0 Å². The van der Waals surface area contributed by atoms with Crippen LogP contribution in [0.1, 0.15) is 50.5 Å². The SMILES string of the molecule is O=C(Nc1ccc2c(c1)CNCCO2)C1CCCCCCC1. The highest BCUT2D eigenvalue weighted by Gasteiger charge is 2.20. The Morgan fingerprint density at radius 1 is 1.14 bits per heavy atom. The summed E-state index contributed by atoms with van der Waals surface area (Å²) in [5.74, 6) is 1.28. The van der Waals surface area contributed by atoms with Gasteiger partial charge in [-0.1, -0.05) is 32.1 Å². The first-order chi connectivity index (χ1) is 10.8. The summed E-state index contributed by atoms with van der Waals surface area (Å²) in [4.78, 5) is 12.5. The van der Waals surface area contributed by atoms with Crippen LogP contribution in [0.3, 0.4) is 0 Å². The lowest BCUT2D eigenvalue weighted by Gasteiger charge is -2.19. The quantitative estimate of drug-likeness (QED) is 0.879. The molecule has 0 unspecified atom stereocenters. The lowest BCUT2D eigenvalue weighted by atomic mass is 9.90. The first-order valence-corrected chi connectivity index (χ1v) is 8.60. The Morgan fingerprint density at radius 3 is 2.73 bits per heavy atom. The van der Waals surface area contributed by atoms with E-state index in [1.165, 1.54) is 32.1 Å². The minimum Gasteiger partial charge on any atom is -0.492 e. The van der Waals surface area contributed by atoms with Gasteiger partial charge in [-0.05, 0) is 31.0 Å². The highest BCUT2D eigenvalue weighted by atomic mass is 16.5. The van der Waals surface area contributed by atoms with E-state index in [1.807, 2.05) is 18.2 Å². The molecule has 22 heavy (non-hydrogen) atoms. The lowest BCUT2D eigenvalue weighted by molar-refractivity contribution is -0.120. The van der Waals surface area contributed by atoms with E-state index in [-0.39, 0.29) is 11.8 Å². The van der Waals surface area contributed by atoms with Gasteiger partial charge in [-0.25, -0.2) is 0 Å². The van der Waals surface area contributed by atoms with Crippen molar-refractivity contribution >= 4 is 11.6 Å². The van der Waals surface area contributed by atoms with E-state index in [4.69, 9.17) is 4.74 Å². The minimum absolute atomic E-state index is 0.175. The van der Waals surface area contributed by atoms with Gasteiger partial charge >= 0.3 is 0 Å². The predicted molar refractivity (Wildman–Crippen MR) is 88.1 cm³/mol. The van der Waals surface area contributed by atoms with Crippen LogP contribution in [0.25, 0.3) is 0 Å². The summed E-state index contributed by atoms with van der Waals surface area (Å²) >= 11 is 0. The van der Waals surface area contributed by atoms with Crippen LogP contribution in [-0.4, -0.2) is 19.1 Å². The van der Waals surface area contributed by atoms with Crippen LogP contribution in [0, 0.1) is 5.92 Å². The number of hydrogen-bond donors (Lipinski definition) is 2. The summed E-state index contributed by atoms with van der Waals surface area (Å²) in [6.07, 6.45) is 8.28. The van der Waals surface area contributed by atoms with Crippen molar-refractivity contribution in [2.75, 3.05) is 18.5 Å². The number of carbonyl (C=O) groups is 1. The number of fused-ring (bicyclic) bond motifs is 1. The van der Waals surface area contributed by atoms with Gasteiger partial charge in [0.25, 0.3) is 0 Å². The summed E-state index contributed by atoms with van der Waals surface area (Å²) in [7, 11) is 0. The van der Waals surface area contributed by atoms with Crippen molar-refractivity contribution in [2.45, 2.75) is 51.5 Å². The maximum Gasteiger partial charge on any atom is 0.227 e. The molecule has 4 heteroatoms. The molecule has 1 fully saturated rings. The second-order valence-corrected chi connectivity index (χ2v) is 6.38.